The van der Waals surface area contributed by atoms with Crippen LogP contribution in [0, 0.1) is 13.8 Å². The highest BCUT2D eigenvalue weighted by molar-refractivity contribution is 8.00. The van der Waals surface area contributed by atoms with E-state index in [1.165, 1.54) is 16.7 Å². The second-order valence-corrected chi connectivity index (χ2v) is 14.0. The number of carbonyl (C=O) groups excluding carboxylic acids is 3. The first-order valence-electron chi connectivity index (χ1n) is 14.8. The number of thioether (sulfide) groups is 1. The molecule has 0 aromatic heterocycles. The standard InChI is InChI=1S/C35H43N3O5S/c1-23-14-13-15-24(2)30(23)43-21-28(39)36-27(20-25-16-9-7-10-17-25)29(40)33(42)38-22-44-35(5,6)31(38)32(41)37-34(3,4)26-18-11-8-12-19-26/h7-19,27,29,31,40H,20-22H2,1-6H3,(H,36,39)(H,37,41)/t27-,29-,31+/m0/s1. The Morgan fingerprint density at radius 2 is 1.57 bits per heavy atom. The van der Waals surface area contributed by atoms with Gasteiger partial charge in [0.25, 0.3) is 11.8 Å². The van der Waals surface area contributed by atoms with Crippen molar-refractivity contribution in [3.63, 3.8) is 0 Å². The van der Waals surface area contributed by atoms with Gasteiger partial charge in [-0.3, -0.25) is 14.4 Å². The minimum absolute atomic E-state index is 0.213. The number of benzene rings is 3. The topological polar surface area (TPSA) is 108 Å². The van der Waals surface area contributed by atoms with E-state index < -0.39 is 40.3 Å². The third kappa shape index (κ3) is 7.81. The van der Waals surface area contributed by atoms with Crippen LogP contribution in [0.25, 0.3) is 0 Å². The molecule has 3 aromatic carbocycles. The van der Waals surface area contributed by atoms with Gasteiger partial charge in [0, 0.05) is 4.75 Å². The molecule has 234 valence electrons. The molecule has 3 atom stereocenters. The lowest BCUT2D eigenvalue weighted by Gasteiger charge is -2.36. The zero-order valence-corrected chi connectivity index (χ0v) is 27.1. The summed E-state index contributed by atoms with van der Waals surface area (Å²) in [5.74, 6) is -0.523. The summed E-state index contributed by atoms with van der Waals surface area (Å²) in [5, 5.41) is 17.5. The number of para-hydroxylation sites is 1. The Kier molecular flexibility index (Phi) is 10.4. The van der Waals surface area contributed by atoms with Crippen molar-refractivity contribution in [2.75, 3.05) is 12.5 Å². The first-order chi connectivity index (χ1) is 20.8. The van der Waals surface area contributed by atoms with E-state index in [1.54, 1.807) is 0 Å². The van der Waals surface area contributed by atoms with E-state index in [0.29, 0.717) is 5.75 Å². The number of nitrogens with zero attached hydrogens (tertiary/aromatic N) is 1. The Hall–Kier alpha value is -3.82. The molecule has 0 bridgehead atoms. The van der Waals surface area contributed by atoms with Crippen molar-refractivity contribution in [1.29, 1.82) is 0 Å². The van der Waals surface area contributed by atoms with Crippen LogP contribution in [-0.2, 0) is 26.3 Å². The van der Waals surface area contributed by atoms with E-state index in [4.69, 9.17) is 4.74 Å². The molecule has 3 aromatic rings. The second kappa shape index (κ2) is 13.9. The Labute approximate surface area is 264 Å². The van der Waals surface area contributed by atoms with Crippen LogP contribution in [-0.4, -0.2) is 63.1 Å². The van der Waals surface area contributed by atoms with Gasteiger partial charge in [0.2, 0.25) is 5.91 Å². The van der Waals surface area contributed by atoms with Gasteiger partial charge in [-0.2, -0.15) is 0 Å². The second-order valence-electron chi connectivity index (χ2n) is 12.4. The minimum atomic E-state index is -1.59. The number of hydrogen-bond acceptors (Lipinski definition) is 6. The lowest BCUT2D eigenvalue weighted by atomic mass is 9.92. The molecule has 3 N–H and O–H groups in total. The largest absolute Gasteiger partial charge is 0.483 e. The molecule has 0 saturated carbocycles. The molecule has 1 saturated heterocycles. The van der Waals surface area contributed by atoms with Crippen molar-refractivity contribution < 1.29 is 24.2 Å². The number of nitrogens with one attached hydrogen (secondary N) is 2. The monoisotopic (exact) mass is 617 g/mol. The van der Waals surface area contributed by atoms with Gasteiger partial charge in [-0.25, -0.2) is 0 Å². The maximum Gasteiger partial charge on any atom is 0.258 e. The van der Waals surface area contributed by atoms with Crippen LogP contribution < -0.4 is 15.4 Å². The average Bonchev–Trinajstić information content (AvgIpc) is 3.31. The molecule has 3 amide bonds. The Morgan fingerprint density at radius 1 is 0.977 bits per heavy atom. The molecule has 0 radical (unpaired) electrons. The van der Waals surface area contributed by atoms with Gasteiger partial charge < -0.3 is 25.4 Å². The van der Waals surface area contributed by atoms with E-state index in [-0.39, 0.29) is 24.8 Å². The third-order valence-corrected chi connectivity index (χ3v) is 9.42. The fourth-order valence-corrected chi connectivity index (χ4v) is 6.72. The van der Waals surface area contributed by atoms with Crippen molar-refractivity contribution in [2.24, 2.45) is 0 Å². The van der Waals surface area contributed by atoms with Crippen LogP contribution in [0.2, 0.25) is 0 Å². The summed E-state index contributed by atoms with van der Waals surface area (Å²) in [6.45, 7) is 11.2. The molecule has 0 unspecified atom stereocenters. The van der Waals surface area contributed by atoms with Crippen LogP contribution in [0.5, 0.6) is 5.75 Å². The van der Waals surface area contributed by atoms with Gasteiger partial charge in [-0.1, -0.05) is 78.9 Å². The molecule has 1 aliphatic heterocycles. The van der Waals surface area contributed by atoms with Crippen LogP contribution in [0.1, 0.15) is 49.9 Å². The molecule has 4 rings (SSSR count). The first-order valence-corrected chi connectivity index (χ1v) is 15.8. The lowest BCUT2D eigenvalue weighted by Crippen LogP contribution is -2.60. The number of hydrogen-bond donors (Lipinski definition) is 3. The number of aryl methyl sites for hydroxylation is 2. The molecular formula is C35H43N3O5S. The van der Waals surface area contributed by atoms with E-state index >= 15 is 0 Å². The number of aliphatic hydroxyl groups excluding tert-OH is 1. The maximum absolute atomic E-state index is 14.0. The Bertz CT molecular complexity index is 1440. The third-order valence-electron chi connectivity index (χ3n) is 8.04. The average molecular weight is 618 g/mol. The fraction of sp³-hybridized carbons (Fsp3) is 0.400. The maximum atomic E-state index is 14.0. The first kappa shape index (κ1) is 33.1. The summed E-state index contributed by atoms with van der Waals surface area (Å²) in [7, 11) is 0. The van der Waals surface area contributed by atoms with Crippen molar-refractivity contribution >= 4 is 29.5 Å². The predicted octanol–water partition coefficient (Wildman–Crippen LogP) is 4.50. The molecule has 0 aliphatic carbocycles. The summed E-state index contributed by atoms with van der Waals surface area (Å²) in [4.78, 5) is 42.3. The molecule has 44 heavy (non-hydrogen) atoms. The summed E-state index contributed by atoms with van der Waals surface area (Å²) in [5.41, 5.74) is 2.90. The van der Waals surface area contributed by atoms with E-state index in [2.05, 4.69) is 10.6 Å². The normalized spacial score (nSPS) is 17.4. The van der Waals surface area contributed by atoms with Gasteiger partial charge in [0.05, 0.1) is 17.5 Å². The van der Waals surface area contributed by atoms with Crippen LogP contribution >= 0.6 is 11.8 Å². The van der Waals surface area contributed by atoms with Gasteiger partial charge in [0.1, 0.15) is 11.8 Å². The highest BCUT2D eigenvalue weighted by Crippen LogP contribution is 2.40. The van der Waals surface area contributed by atoms with Crippen molar-refractivity contribution in [3.05, 3.63) is 101 Å². The van der Waals surface area contributed by atoms with Gasteiger partial charge in [-0.15, -0.1) is 11.8 Å². The highest BCUT2D eigenvalue weighted by atomic mass is 32.2. The lowest BCUT2D eigenvalue weighted by molar-refractivity contribution is -0.148. The quantitative estimate of drug-likeness (QED) is 0.293. The fourth-order valence-electron chi connectivity index (χ4n) is 5.58. The molecule has 0 spiro atoms. The highest BCUT2D eigenvalue weighted by Gasteiger charge is 2.50. The molecule has 8 nitrogen and oxygen atoms in total. The van der Waals surface area contributed by atoms with Gasteiger partial charge in [0.15, 0.2) is 12.7 Å². The zero-order chi connectivity index (χ0) is 32.1. The number of ether oxygens (including phenoxy) is 1. The summed E-state index contributed by atoms with van der Waals surface area (Å²) < 4.78 is 5.23. The van der Waals surface area contributed by atoms with Crippen molar-refractivity contribution in [3.8, 4) is 5.75 Å². The van der Waals surface area contributed by atoms with Gasteiger partial charge >= 0.3 is 0 Å². The van der Waals surface area contributed by atoms with Crippen LogP contribution in [0.4, 0.5) is 0 Å². The SMILES string of the molecule is Cc1cccc(C)c1OCC(=O)N[C@@H](Cc1ccccc1)[C@H](O)C(=O)N1CSC(C)(C)[C@H]1C(=O)NC(C)(C)c1ccccc1. The number of aliphatic hydroxyl groups is 1. The van der Waals surface area contributed by atoms with Crippen molar-refractivity contribution in [1.82, 2.24) is 15.5 Å². The van der Waals surface area contributed by atoms with E-state index in [1.807, 2.05) is 120 Å². The van der Waals surface area contributed by atoms with E-state index in [9.17, 15) is 19.5 Å². The summed E-state index contributed by atoms with van der Waals surface area (Å²) in [6.07, 6.45) is -1.38. The zero-order valence-electron chi connectivity index (χ0n) is 26.3. The van der Waals surface area contributed by atoms with Crippen LogP contribution in [0.3, 0.4) is 0 Å². The number of amides is 3. The molecule has 1 fully saturated rings. The number of rotatable bonds is 11. The molecule has 9 heteroatoms. The number of carbonyl (C=O) groups is 3. The minimum Gasteiger partial charge on any atom is -0.483 e. The smallest absolute Gasteiger partial charge is 0.258 e. The molecule has 1 aliphatic rings. The Morgan fingerprint density at radius 3 is 2.18 bits per heavy atom. The summed E-state index contributed by atoms with van der Waals surface area (Å²) in [6, 6.07) is 22.9. The van der Waals surface area contributed by atoms with Gasteiger partial charge in [-0.05, 0) is 70.2 Å². The summed E-state index contributed by atoms with van der Waals surface area (Å²) >= 11 is 1.48. The van der Waals surface area contributed by atoms with Crippen LogP contribution in [0.15, 0.2) is 78.9 Å². The molecule has 1 heterocycles. The predicted molar refractivity (Wildman–Crippen MR) is 174 cm³/mol. The van der Waals surface area contributed by atoms with E-state index in [0.717, 1.165) is 22.3 Å². The Balaban J connectivity index is 1.53. The van der Waals surface area contributed by atoms with Crippen molar-refractivity contribution in [2.45, 2.75) is 76.4 Å². The molecular weight excluding hydrogens is 574 g/mol.